The second-order valence-electron chi connectivity index (χ2n) is 6.52. The molecule has 0 radical (unpaired) electrons. The summed E-state index contributed by atoms with van der Waals surface area (Å²) < 4.78 is 10.4. The van der Waals surface area contributed by atoms with Gasteiger partial charge in [0.2, 0.25) is 0 Å². The molecule has 3 rings (SSSR count). The van der Waals surface area contributed by atoms with Crippen LogP contribution < -0.4 is 9.47 Å². The van der Waals surface area contributed by atoms with Gasteiger partial charge in [0, 0.05) is 12.4 Å². The molecule has 2 aromatic rings. The van der Waals surface area contributed by atoms with Crippen molar-refractivity contribution >= 4 is 12.4 Å². The molecule has 136 valence electrons. The molecule has 0 N–H and O–H groups in total. The predicted octanol–water partition coefficient (Wildman–Crippen LogP) is 4.55. The van der Waals surface area contributed by atoms with Crippen molar-refractivity contribution in [1.29, 1.82) is 0 Å². The Morgan fingerprint density at radius 1 is 0.692 bits per heavy atom. The van der Waals surface area contributed by atoms with Gasteiger partial charge in [-0.3, -0.25) is 9.98 Å². The van der Waals surface area contributed by atoms with Gasteiger partial charge in [0.1, 0.15) is 11.5 Å². The van der Waals surface area contributed by atoms with E-state index in [0.29, 0.717) is 0 Å². The van der Waals surface area contributed by atoms with E-state index < -0.39 is 0 Å². The van der Waals surface area contributed by atoms with Gasteiger partial charge in [0.15, 0.2) is 0 Å². The first-order valence-corrected chi connectivity index (χ1v) is 9.13. The Morgan fingerprint density at radius 3 is 1.42 bits per heavy atom. The number of benzene rings is 2. The van der Waals surface area contributed by atoms with Crippen LogP contribution in [0.25, 0.3) is 0 Å². The van der Waals surface area contributed by atoms with E-state index in [1.807, 2.05) is 61.0 Å². The van der Waals surface area contributed by atoms with Crippen molar-refractivity contribution in [3.05, 3.63) is 59.7 Å². The molecular formula is C22H26N2O2. The highest BCUT2D eigenvalue weighted by Crippen LogP contribution is 2.24. The Bertz CT molecular complexity index is 670. The first-order valence-electron chi connectivity index (χ1n) is 9.13. The van der Waals surface area contributed by atoms with Gasteiger partial charge in [-0.25, -0.2) is 0 Å². The number of methoxy groups -OCH3 is 2. The molecule has 0 aromatic heterocycles. The lowest BCUT2D eigenvalue weighted by Gasteiger charge is -2.25. The van der Waals surface area contributed by atoms with Crippen molar-refractivity contribution in [1.82, 2.24) is 0 Å². The lowest BCUT2D eigenvalue weighted by molar-refractivity contribution is 0.390. The SMILES string of the molecule is COc1ccc(C=N[C@H]2CCCC[C@@H]2N=Cc2ccc(OC)cc2)cc1. The van der Waals surface area contributed by atoms with Crippen LogP contribution in [-0.2, 0) is 0 Å². The lowest BCUT2D eigenvalue weighted by Crippen LogP contribution is -2.27. The monoisotopic (exact) mass is 350 g/mol. The maximum Gasteiger partial charge on any atom is 0.118 e. The van der Waals surface area contributed by atoms with Gasteiger partial charge in [-0.1, -0.05) is 12.8 Å². The fraction of sp³-hybridized carbons (Fsp3) is 0.364. The molecule has 1 aliphatic carbocycles. The summed E-state index contributed by atoms with van der Waals surface area (Å²) in [6.45, 7) is 0. The van der Waals surface area contributed by atoms with Crippen LogP contribution >= 0.6 is 0 Å². The fourth-order valence-electron chi connectivity index (χ4n) is 3.18. The van der Waals surface area contributed by atoms with Gasteiger partial charge in [-0.2, -0.15) is 0 Å². The molecule has 1 aliphatic rings. The highest BCUT2D eigenvalue weighted by Gasteiger charge is 2.23. The van der Waals surface area contributed by atoms with E-state index >= 15 is 0 Å². The van der Waals surface area contributed by atoms with Crippen LogP contribution in [0, 0.1) is 0 Å². The predicted molar refractivity (Wildman–Crippen MR) is 107 cm³/mol. The molecule has 1 fully saturated rings. The van der Waals surface area contributed by atoms with E-state index in [4.69, 9.17) is 19.5 Å². The van der Waals surface area contributed by atoms with E-state index in [1.165, 1.54) is 12.8 Å². The van der Waals surface area contributed by atoms with Gasteiger partial charge >= 0.3 is 0 Å². The number of hydrogen-bond donors (Lipinski definition) is 0. The third-order valence-corrected chi connectivity index (χ3v) is 4.76. The van der Waals surface area contributed by atoms with E-state index in [2.05, 4.69) is 0 Å². The Balaban J connectivity index is 1.66. The molecule has 2 aromatic carbocycles. The number of hydrogen-bond acceptors (Lipinski definition) is 4. The normalized spacial score (nSPS) is 20.5. The smallest absolute Gasteiger partial charge is 0.118 e. The van der Waals surface area contributed by atoms with E-state index in [-0.39, 0.29) is 12.1 Å². The average molecular weight is 350 g/mol. The topological polar surface area (TPSA) is 43.2 Å². The van der Waals surface area contributed by atoms with Crippen molar-refractivity contribution in [2.45, 2.75) is 37.8 Å². The van der Waals surface area contributed by atoms with Crippen molar-refractivity contribution in [2.75, 3.05) is 14.2 Å². The average Bonchev–Trinajstić information content (AvgIpc) is 2.72. The molecule has 1 saturated carbocycles. The second kappa shape index (κ2) is 9.18. The summed E-state index contributed by atoms with van der Waals surface area (Å²) in [6.07, 6.45) is 8.56. The Kier molecular flexibility index (Phi) is 6.42. The van der Waals surface area contributed by atoms with Gasteiger partial charge in [-0.15, -0.1) is 0 Å². The molecule has 0 saturated heterocycles. The summed E-state index contributed by atoms with van der Waals surface area (Å²) in [4.78, 5) is 9.66. The number of aliphatic imine (C=N–C) groups is 2. The highest BCUT2D eigenvalue weighted by molar-refractivity contribution is 5.81. The summed E-state index contributed by atoms with van der Waals surface area (Å²) in [6, 6.07) is 16.5. The minimum Gasteiger partial charge on any atom is -0.497 e. The summed E-state index contributed by atoms with van der Waals surface area (Å²) in [5.41, 5.74) is 2.18. The molecule has 0 aliphatic heterocycles. The van der Waals surface area contributed by atoms with Crippen molar-refractivity contribution < 1.29 is 9.47 Å². The van der Waals surface area contributed by atoms with E-state index in [1.54, 1.807) is 14.2 Å². The van der Waals surface area contributed by atoms with Crippen molar-refractivity contribution in [2.24, 2.45) is 9.98 Å². The van der Waals surface area contributed by atoms with E-state index in [0.717, 1.165) is 35.5 Å². The lowest BCUT2D eigenvalue weighted by atomic mass is 9.91. The van der Waals surface area contributed by atoms with Crippen LogP contribution in [0.2, 0.25) is 0 Å². The molecular weight excluding hydrogens is 324 g/mol. The standard InChI is InChI=1S/C22H26N2O2/c1-25-19-11-7-17(8-12-19)15-23-21-5-3-4-6-22(21)24-16-18-9-13-20(26-2)14-10-18/h7-16,21-22H,3-6H2,1-2H3/t21-,22-/m0/s1. The molecule has 26 heavy (non-hydrogen) atoms. The molecule has 0 bridgehead atoms. The molecule has 0 heterocycles. The minimum absolute atomic E-state index is 0.250. The second-order valence-corrected chi connectivity index (χ2v) is 6.52. The summed E-state index contributed by atoms with van der Waals surface area (Å²) in [5, 5.41) is 0. The highest BCUT2D eigenvalue weighted by atomic mass is 16.5. The molecule has 0 amide bonds. The molecule has 0 unspecified atom stereocenters. The van der Waals surface area contributed by atoms with Crippen molar-refractivity contribution in [3.63, 3.8) is 0 Å². The molecule has 4 nitrogen and oxygen atoms in total. The maximum atomic E-state index is 5.20. The fourth-order valence-corrected chi connectivity index (χ4v) is 3.18. The van der Waals surface area contributed by atoms with Crippen LogP contribution in [0.3, 0.4) is 0 Å². The van der Waals surface area contributed by atoms with Gasteiger partial charge in [0.25, 0.3) is 0 Å². The Hall–Kier alpha value is -2.62. The van der Waals surface area contributed by atoms with Crippen LogP contribution in [-0.4, -0.2) is 38.7 Å². The van der Waals surface area contributed by atoms with Crippen LogP contribution in [0.1, 0.15) is 36.8 Å². The van der Waals surface area contributed by atoms with E-state index in [9.17, 15) is 0 Å². The first kappa shape index (κ1) is 18.2. The van der Waals surface area contributed by atoms with Gasteiger partial charge in [0.05, 0.1) is 26.3 Å². The Labute approximate surface area is 155 Å². The third-order valence-electron chi connectivity index (χ3n) is 4.76. The zero-order chi connectivity index (χ0) is 18.2. The summed E-state index contributed by atoms with van der Waals surface area (Å²) in [7, 11) is 3.35. The summed E-state index contributed by atoms with van der Waals surface area (Å²) in [5.74, 6) is 1.73. The number of ether oxygens (including phenoxy) is 2. The molecule has 2 atom stereocenters. The zero-order valence-corrected chi connectivity index (χ0v) is 15.5. The summed E-state index contributed by atoms with van der Waals surface area (Å²) >= 11 is 0. The van der Waals surface area contributed by atoms with Crippen LogP contribution in [0.15, 0.2) is 58.5 Å². The largest absolute Gasteiger partial charge is 0.497 e. The number of nitrogens with zero attached hydrogens (tertiary/aromatic N) is 2. The van der Waals surface area contributed by atoms with Crippen molar-refractivity contribution in [3.8, 4) is 11.5 Å². The van der Waals surface area contributed by atoms with Crippen LogP contribution in [0.4, 0.5) is 0 Å². The Morgan fingerprint density at radius 2 is 1.08 bits per heavy atom. The molecule has 4 heteroatoms. The van der Waals surface area contributed by atoms with Crippen LogP contribution in [0.5, 0.6) is 11.5 Å². The quantitative estimate of drug-likeness (QED) is 0.717. The molecule has 0 spiro atoms. The van der Waals surface area contributed by atoms with Gasteiger partial charge < -0.3 is 9.47 Å². The maximum absolute atomic E-state index is 5.20. The first-order chi connectivity index (χ1) is 12.8. The minimum atomic E-state index is 0.250. The zero-order valence-electron chi connectivity index (χ0n) is 15.5. The van der Waals surface area contributed by atoms with Gasteiger partial charge in [-0.05, 0) is 72.5 Å². The number of rotatable bonds is 6. The third kappa shape index (κ3) is 4.94.